The summed E-state index contributed by atoms with van der Waals surface area (Å²) in [6, 6.07) is 9.21. The number of aryl methyl sites for hydroxylation is 2. The van der Waals surface area contributed by atoms with Crippen LogP contribution in [0.4, 0.5) is 11.9 Å². The van der Waals surface area contributed by atoms with Gasteiger partial charge in [0.1, 0.15) is 11.9 Å². The van der Waals surface area contributed by atoms with Crippen molar-refractivity contribution in [1.82, 2.24) is 24.7 Å². The predicted octanol–water partition coefficient (Wildman–Crippen LogP) is 2.12. The van der Waals surface area contributed by atoms with Gasteiger partial charge in [-0.1, -0.05) is 30.3 Å². The molecule has 2 aliphatic rings. The fourth-order valence-corrected chi connectivity index (χ4v) is 4.23. The van der Waals surface area contributed by atoms with Crippen LogP contribution in [0.3, 0.4) is 0 Å². The van der Waals surface area contributed by atoms with E-state index in [9.17, 15) is 4.79 Å². The Morgan fingerprint density at radius 2 is 1.91 bits per heavy atom. The van der Waals surface area contributed by atoms with E-state index in [1.165, 1.54) is 7.11 Å². The van der Waals surface area contributed by atoms with Gasteiger partial charge in [-0.25, -0.2) is 19.4 Å². The number of aromatic nitrogens is 5. The van der Waals surface area contributed by atoms with E-state index in [-0.39, 0.29) is 0 Å². The van der Waals surface area contributed by atoms with Crippen LogP contribution in [0.1, 0.15) is 28.7 Å². The van der Waals surface area contributed by atoms with Gasteiger partial charge in [0, 0.05) is 24.8 Å². The molecule has 1 fully saturated rings. The summed E-state index contributed by atoms with van der Waals surface area (Å²) in [5.41, 5.74) is 3.34. The number of rotatable bonds is 4. The van der Waals surface area contributed by atoms with Gasteiger partial charge in [0.15, 0.2) is 0 Å². The summed E-state index contributed by atoms with van der Waals surface area (Å²) in [4.78, 5) is 29.1. The van der Waals surface area contributed by atoms with E-state index >= 15 is 0 Å². The number of fused-ring (bicyclic) bond motifs is 1. The van der Waals surface area contributed by atoms with Gasteiger partial charge in [-0.3, -0.25) is 0 Å². The first-order chi connectivity index (χ1) is 16.1. The Labute approximate surface area is 191 Å². The van der Waals surface area contributed by atoms with Gasteiger partial charge in [0.25, 0.3) is 0 Å². The minimum Gasteiger partial charge on any atom is -0.466 e. The number of morpholine rings is 1. The quantitative estimate of drug-likeness (QED) is 0.602. The molecule has 0 spiro atoms. The molecule has 1 atom stereocenters. The van der Waals surface area contributed by atoms with E-state index < -0.39 is 12.0 Å². The van der Waals surface area contributed by atoms with Crippen LogP contribution in [0.2, 0.25) is 0 Å². The summed E-state index contributed by atoms with van der Waals surface area (Å²) >= 11 is 0. The van der Waals surface area contributed by atoms with Gasteiger partial charge < -0.3 is 19.7 Å². The normalized spacial score (nSPS) is 18.0. The van der Waals surface area contributed by atoms with Crippen molar-refractivity contribution in [3.05, 3.63) is 64.7 Å². The number of nitrogens with zero attached hydrogens (tertiary/aromatic N) is 6. The molecular formula is C23H25N7O3. The molecule has 1 N–H and O–H groups in total. The minimum atomic E-state index is -0.510. The zero-order chi connectivity index (χ0) is 22.9. The van der Waals surface area contributed by atoms with Gasteiger partial charge in [-0.05, 0) is 19.4 Å². The highest BCUT2D eigenvalue weighted by Gasteiger charge is 2.37. The Hall–Kier alpha value is -3.79. The Bertz CT molecular complexity index is 1220. The third kappa shape index (κ3) is 3.82. The molecule has 3 aromatic rings. The van der Waals surface area contributed by atoms with Crippen LogP contribution in [0.25, 0.3) is 5.70 Å². The topological polar surface area (TPSA) is 107 Å². The van der Waals surface area contributed by atoms with E-state index in [1.807, 2.05) is 44.2 Å². The van der Waals surface area contributed by atoms with Crippen LogP contribution >= 0.6 is 0 Å². The Kier molecular flexibility index (Phi) is 5.51. The Balaban J connectivity index is 1.66. The molecule has 0 aliphatic carbocycles. The lowest BCUT2D eigenvalue weighted by atomic mass is 9.93. The minimum absolute atomic E-state index is 0.423. The maximum atomic E-state index is 13.1. The summed E-state index contributed by atoms with van der Waals surface area (Å²) in [5, 5.41) is 7.85. The molecule has 33 heavy (non-hydrogen) atoms. The van der Waals surface area contributed by atoms with Crippen LogP contribution in [0, 0.1) is 13.8 Å². The summed E-state index contributed by atoms with van der Waals surface area (Å²) in [6.45, 7) is 6.51. The summed E-state index contributed by atoms with van der Waals surface area (Å²) in [7, 11) is 1.38. The van der Waals surface area contributed by atoms with E-state index in [4.69, 9.17) is 14.5 Å². The van der Waals surface area contributed by atoms with Crippen molar-refractivity contribution in [2.75, 3.05) is 43.6 Å². The largest absolute Gasteiger partial charge is 0.466 e. The number of hydrogen-bond acceptors (Lipinski definition) is 9. The van der Waals surface area contributed by atoms with Crippen molar-refractivity contribution in [3.63, 3.8) is 0 Å². The highest BCUT2D eigenvalue weighted by molar-refractivity contribution is 6.02. The molecule has 0 bridgehead atoms. The number of ether oxygens (including phenoxy) is 2. The van der Waals surface area contributed by atoms with Crippen LogP contribution in [0.5, 0.6) is 0 Å². The molecule has 0 amide bonds. The second kappa shape index (κ2) is 8.62. The van der Waals surface area contributed by atoms with Gasteiger partial charge in [-0.15, -0.1) is 0 Å². The zero-order valence-corrected chi connectivity index (χ0v) is 18.8. The van der Waals surface area contributed by atoms with Crippen molar-refractivity contribution in [2.24, 2.45) is 0 Å². The molecule has 2 aliphatic heterocycles. The van der Waals surface area contributed by atoms with E-state index in [1.54, 1.807) is 10.9 Å². The molecular weight excluding hydrogens is 422 g/mol. The van der Waals surface area contributed by atoms with Crippen LogP contribution in [-0.4, -0.2) is 64.1 Å². The third-order valence-electron chi connectivity index (χ3n) is 5.81. The number of nitrogens with one attached hydrogen (secondary N) is 1. The number of benzene rings is 1. The number of carbonyl (C=O) groups is 1. The SMILES string of the molecule is COC(=O)C1=C(c2cnc(N3CCOCC3)nc2C)Nc2nc(C)nn2C1c1ccccc1. The molecule has 1 saturated heterocycles. The second-order valence-corrected chi connectivity index (χ2v) is 7.91. The number of anilines is 2. The standard InChI is InChI=1S/C23H25N7O3/c1-14-17(13-24-22(25-14)29-9-11-33-12-10-29)19-18(21(31)32-3)20(16-7-5-4-6-8-16)30-23(27-19)26-15(2)28-30/h4-8,13,20H,9-12H2,1-3H3,(H,26,27,28). The van der Waals surface area contributed by atoms with Crippen molar-refractivity contribution >= 4 is 23.6 Å². The molecule has 1 unspecified atom stereocenters. The molecule has 5 rings (SSSR count). The van der Waals surface area contributed by atoms with Gasteiger partial charge in [0.2, 0.25) is 11.9 Å². The first-order valence-corrected chi connectivity index (χ1v) is 10.8. The van der Waals surface area contributed by atoms with Crippen molar-refractivity contribution in [3.8, 4) is 0 Å². The molecule has 0 saturated carbocycles. The fourth-order valence-electron chi connectivity index (χ4n) is 4.23. The number of methoxy groups -OCH3 is 1. The Morgan fingerprint density at radius 1 is 1.15 bits per heavy atom. The first-order valence-electron chi connectivity index (χ1n) is 10.8. The second-order valence-electron chi connectivity index (χ2n) is 7.91. The maximum absolute atomic E-state index is 13.1. The predicted molar refractivity (Wildman–Crippen MR) is 122 cm³/mol. The lowest BCUT2D eigenvalue weighted by molar-refractivity contribution is -0.136. The highest BCUT2D eigenvalue weighted by atomic mass is 16.5. The number of esters is 1. The maximum Gasteiger partial charge on any atom is 0.338 e. The molecule has 4 heterocycles. The van der Waals surface area contributed by atoms with Gasteiger partial charge in [-0.2, -0.15) is 10.1 Å². The molecule has 10 heteroatoms. The lowest BCUT2D eigenvalue weighted by Crippen LogP contribution is -2.37. The van der Waals surface area contributed by atoms with Crippen LogP contribution < -0.4 is 10.2 Å². The third-order valence-corrected chi connectivity index (χ3v) is 5.81. The summed E-state index contributed by atoms with van der Waals surface area (Å²) in [6.07, 6.45) is 1.75. The van der Waals surface area contributed by atoms with E-state index in [0.717, 1.165) is 24.3 Å². The number of carbonyl (C=O) groups excluding carboxylic acids is 1. The molecule has 0 radical (unpaired) electrons. The van der Waals surface area contributed by atoms with Crippen molar-refractivity contribution < 1.29 is 14.3 Å². The fraction of sp³-hybridized carbons (Fsp3) is 0.348. The zero-order valence-electron chi connectivity index (χ0n) is 18.8. The molecule has 170 valence electrons. The lowest BCUT2D eigenvalue weighted by Gasteiger charge is -2.30. The van der Waals surface area contributed by atoms with Crippen molar-refractivity contribution in [1.29, 1.82) is 0 Å². The highest BCUT2D eigenvalue weighted by Crippen LogP contribution is 2.39. The molecule has 2 aromatic heterocycles. The van der Waals surface area contributed by atoms with E-state index in [2.05, 4.69) is 25.3 Å². The summed E-state index contributed by atoms with van der Waals surface area (Å²) in [5.74, 6) is 1.33. The smallest absolute Gasteiger partial charge is 0.338 e. The van der Waals surface area contributed by atoms with Gasteiger partial charge >= 0.3 is 5.97 Å². The number of hydrogen-bond donors (Lipinski definition) is 1. The van der Waals surface area contributed by atoms with Gasteiger partial charge in [0.05, 0.1) is 37.3 Å². The molecule has 10 nitrogen and oxygen atoms in total. The van der Waals surface area contributed by atoms with E-state index in [0.29, 0.717) is 47.8 Å². The van der Waals surface area contributed by atoms with Crippen LogP contribution in [-0.2, 0) is 14.3 Å². The van der Waals surface area contributed by atoms with Crippen molar-refractivity contribution in [2.45, 2.75) is 19.9 Å². The molecule has 1 aromatic carbocycles. The average molecular weight is 447 g/mol. The Morgan fingerprint density at radius 3 is 2.61 bits per heavy atom. The summed E-state index contributed by atoms with van der Waals surface area (Å²) < 4.78 is 12.4. The average Bonchev–Trinajstić information content (AvgIpc) is 3.23. The van der Waals surface area contributed by atoms with Crippen LogP contribution in [0.15, 0.2) is 42.1 Å². The monoisotopic (exact) mass is 447 g/mol. The first kappa shape index (κ1) is 21.1.